The van der Waals surface area contributed by atoms with Crippen molar-refractivity contribution in [3.63, 3.8) is 0 Å². The van der Waals surface area contributed by atoms with Gasteiger partial charge in [0.2, 0.25) is 5.91 Å². The number of nitrogens with two attached hydrogens (primary N) is 1. The Balaban J connectivity index is 2.68. The van der Waals surface area contributed by atoms with Crippen LogP contribution in [-0.2, 0) is 0 Å². The molecule has 0 spiro atoms. The molecule has 5 N–H and O–H groups in total. The van der Waals surface area contributed by atoms with E-state index in [4.69, 9.17) is 5.73 Å². The molecule has 5 heteroatoms. The van der Waals surface area contributed by atoms with Crippen molar-refractivity contribution >= 4 is 6.21 Å². The van der Waals surface area contributed by atoms with Gasteiger partial charge in [-0.15, -0.1) is 0 Å². The van der Waals surface area contributed by atoms with Crippen LogP contribution in [0.3, 0.4) is 0 Å². The molecule has 0 aromatic carbocycles. The number of rotatable bonds is 2. The number of aliphatic imine (C=N–C) groups is 1. The molecule has 0 aromatic heterocycles. The Hall–Kier alpha value is -1.07. The van der Waals surface area contributed by atoms with Crippen molar-refractivity contribution in [1.82, 2.24) is 16.0 Å². The van der Waals surface area contributed by atoms with Crippen LogP contribution in [0.2, 0.25) is 0 Å². The van der Waals surface area contributed by atoms with Crippen molar-refractivity contribution in [2.45, 2.75) is 5.91 Å². The molecule has 0 aliphatic carbocycles. The van der Waals surface area contributed by atoms with Gasteiger partial charge in [0.05, 0.1) is 0 Å². The molecule has 11 heavy (non-hydrogen) atoms. The number of hydrogen-bond donors (Lipinski definition) is 4. The van der Waals surface area contributed by atoms with Gasteiger partial charge in [0, 0.05) is 13.3 Å². The summed E-state index contributed by atoms with van der Waals surface area (Å²) in [6.07, 6.45) is 3.46. The van der Waals surface area contributed by atoms with Gasteiger partial charge in [0.1, 0.15) is 5.82 Å². The molecule has 5 nitrogen and oxygen atoms in total. The lowest BCUT2D eigenvalue weighted by atomic mass is 10.4. The second-order valence-electron chi connectivity index (χ2n) is 2.25. The number of hydrogen-bond acceptors (Lipinski definition) is 5. The van der Waals surface area contributed by atoms with Crippen molar-refractivity contribution < 1.29 is 0 Å². The number of allylic oxidation sites excluding steroid dienone is 1. The zero-order valence-corrected chi connectivity index (χ0v) is 6.68. The average molecular weight is 155 g/mol. The summed E-state index contributed by atoms with van der Waals surface area (Å²) in [5, 5.41) is 8.71. The molecule has 1 aliphatic rings. The highest BCUT2D eigenvalue weighted by atomic mass is 15.4. The molecule has 0 fully saturated rings. The molecule has 0 amide bonds. The fraction of sp³-hybridized carbons (Fsp3) is 0.500. The van der Waals surface area contributed by atoms with E-state index in [0.717, 1.165) is 5.82 Å². The van der Waals surface area contributed by atoms with E-state index in [1.165, 1.54) is 0 Å². The first-order valence-electron chi connectivity index (χ1n) is 3.39. The summed E-state index contributed by atoms with van der Waals surface area (Å²) in [4.78, 5) is 3.99. The molecular formula is C6H13N5. The standard InChI is InChI=1S/C6H13N5/c1-8-5-3-4-10-6(7,9-2)11-5/h3-4,8-9,11H,7H2,1-2H3. The van der Waals surface area contributed by atoms with Gasteiger partial charge in [-0.2, -0.15) is 0 Å². The van der Waals surface area contributed by atoms with Crippen LogP contribution in [0.4, 0.5) is 0 Å². The molecule has 0 saturated carbocycles. The Bertz CT molecular complexity index is 197. The van der Waals surface area contributed by atoms with Crippen LogP contribution < -0.4 is 21.7 Å². The molecule has 62 valence electrons. The zero-order chi connectivity index (χ0) is 8.32. The first kappa shape index (κ1) is 8.03. The van der Waals surface area contributed by atoms with Gasteiger partial charge in [-0.3, -0.25) is 11.1 Å². The zero-order valence-electron chi connectivity index (χ0n) is 6.68. The highest BCUT2D eigenvalue weighted by Gasteiger charge is 2.22. The van der Waals surface area contributed by atoms with E-state index in [9.17, 15) is 0 Å². The smallest absolute Gasteiger partial charge is 0.242 e. The molecule has 1 aliphatic heterocycles. The Kier molecular flexibility index (Phi) is 2.11. The number of nitrogens with zero attached hydrogens (tertiary/aromatic N) is 1. The SMILES string of the molecule is CNC1=CC=NC(N)(NC)N1. The predicted molar refractivity (Wildman–Crippen MR) is 44.7 cm³/mol. The summed E-state index contributed by atoms with van der Waals surface area (Å²) in [5.41, 5.74) is 5.72. The minimum absolute atomic E-state index is 0.844. The van der Waals surface area contributed by atoms with Gasteiger partial charge in [-0.1, -0.05) is 0 Å². The highest BCUT2D eigenvalue weighted by molar-refractivity contribution is 5.73. The molecule has 1 heterocycles. The van der Waals surface area contributed by atoms with Crippen LogP contribution in [0, 0.1) is 0 Å². The van der Waals surface area contributed by atoms with E-state index in [1.807, 2.05) is 13.1 Å². The van der Waals surface area contributed by atoms with Gasteiger partial charge in [0.25, 0.3) is 0 Å². The lowest BCUT2D eigenvalue weighted by molar-refractivity contribution is 0.317. The van der Waals surface area contributed by atoms with Crippen LogP contribution in [-0.4, -0.2) is 26.2 Å². The molecule has 0 saturated heterocycles. The minimum Gasteiger partial charge on any atom is -0.375 e. The van der Waals surface area contributed by atoms with E-state index in [-0.39, 0.29) is 0 Å². The monoisotopic (exact) mass is 155 g/mol. The average Bonchev–Trinajstić information content (AvgIpc) is 2.05. The maximum Gasteiger partial charge on any atom is 0.242 e. The maximum atomic E-state index is 5.72. The van der Waals surface area contributed by atoms with Crippen LogP contribution in [0.15, 0.2) is 16.9 Å². The van der Waals surface area contributed by atoms with Gasteiger partial charge in [0.15, 0.2) is 0 Å². The largest absolute Gasteiger partial charge is 0.375 e. The van der Waals surface area contributed by atoms with E-state index in [0.29, 0.717) is 0 Å². The van der Waals surface area contributed by atoms with Crippen LogP contribution in [0.5, 0.6) is 0 Å². The quantitative estimate of drug-likeness (QED) is 0.367. The number of nitrogens with one attached hydrogen (secondary N) is 3. The normalized spacial score (nSPS) is 29.2. The Labute approximate surface area is 65.8 Å². The summed E-state index contributed by atoms with van der Waals surface area (Å²) < 4.78 is 0. The Morgan fingerprint density at radius 1 is 1.64 bits per heavy atom. The van der Waals surface area contributed by atoms with E-state index in [1.54, 1.807) is 13.3 Å². The highest BCUT2D eigenvalue weighted by Crippen LogP contribution is 1.99. The molecule has 0 radical (unpaired) electrons. The van der Waals surface area contributed by atoms with Gasteiger partial charge in [-0.05, 0) is 13.1 Å². The lowest BCUT2D eigenvalue weighted by Gasteiger charge is -2.29. The van der Waals surface area contributed by atoms with E-state index >= 15 is 0 Å². The lowest BCUT2D eigenvalue weighted by Crippen LogP contribution is -2.63. The molecule has 1 rings (SSSR count). The van der Waals surface area contributed by atoms with Crippen molar-refractivity contribution in [1.29, 1.82) is 0 Å². The van der Waals surface area contributed by atoms with E-state index < -0.39 is 5.91 Å². The van der Waals surface area contributed by atoms with Gasteiger partial charge >= 0.3 is 0 Å². The topological polar surface area (TPSA) is 74.5 Å². The third-order valence-electron chi connectivity index (χ3n) is 1.50. The van der Waals surface area contributed by atoms with E-state index in [2.05, 4.69) is 20.9 Å². The first-order valence-corrected chi connectivity index (χ1v) is 3.39. The van der Waals surface area contributed by atoms with Crippen LogP contribution in [0.1, 0.15) is 0 Å². The van der Waals surface area contributed by atoms with Gasteiger partial charge < -0.3 is 10.6 Å². The van der Waals surface area contributed by atoms with Crippen molar-refractivity contribution in [3.05, 3.63) is 11.9 Å². The van der Waals surface area contributed by atoms with Crippen molar-refractivity contribution in [2.24, 2.45) is 10.7 Å². The first-order chi connectivity index (χ1) is 5.20. The summed E-state index contributed by atoms with van der Waals surface area (Å²) in [6, 6.07) is 0. The van der Waals surface area contributed by atoms with Crippen molar-refractivity contribution in [3.8, 4) is 0 Å². The van der Waals surface area contributed by atoms with Crippen LogP contribution in [0.25, 0.3) is 0 Å². The minimum atomic E-state index is -0.868. The maximum absolute atomic E-state index is 5.72. The second-order valence-corrected chi connectivity index (χ2v) is 2.25. The molecular weight excluding hydrogens is 142 g/mol. The van der Waals surface area contributed by atoms with Crippen LogP contribution >= 0.6 is 0 Å². The third-order valence-corrected chi connectivity index (χ3v) is 1.50. The fourth-order valence-corrected chi connectivity index (χ4v) is 0.782. The second kappa shape index (κ2) is 2.89. The summed E-state index contributed by atoms with van der Waals surface area (Å²) >= 11 is 0. The molecule has 0 aromatic rings. The molecule has 1 unspecified atom stereocenters. The van der Waals surface area contributed by atoms with Gasteiger partial charge in [-0.25, -0.2) is 4.99 Å². The third kappa shape index (κ3) is 1.69. The summed E-state index contributed by atoms with van der Waals surface area (Å²) in [5.74, 6) is -0.0237. The summed E-state index contributed by atoms with van der Waals surface area (Å²) in [6.45, 7) is 0. The Morgan fingerprint density at radius 3 is 2.91 bits per heavy atom. The molecule has 0 bridgehead atoms. The Morgan fingerprint density at radius 2 is 2.36 bits per heavy atom. The molecule has 1 atom stereocenters. The summed E-state index contributed by atoms with van der Waals surface area (Å²) in [7, 11) is 3.55. The predicted octanol–water partition coefficient (Wildman–Crippen LogP) is -1.49. The van der Waals surface area contributed by atoms with Crippen molar-refractivity contribution in [2.75, 3.05) is 14.1 Å². The fourth-order valence-electron chi connectivity index (χ4n) is 0.782.